The van der Waals surface area contributed by atoms with Crippen molar-refractivity contribution in [1.82, 2.24) is 9.55 Å². The number of nitrogens with one attached hydrogen (secondary N) is 1. The van der Waals surface area contributed by atoms with Crippen molar-refractivity contribution in [2.24, 2.45) is 0 Å². The molecule has 1 aromatic carbocycles. The molecule has 2 rings (SSSR count). The quantitative estimate of drug-likeness (QED) is 0.443. The van der Waals surface area contributed by atoms with Crippen LogP contribution in [-0.2, 0) is 9.84 Å². The van der Waals surface area contributed by atoms with Crippen LogP contribution in [0.15, 0.2) is 34.0 Å². The summed E-state index contributed by atoms with van der Waals surface area (Å²) in [7, 11) is -0.269. The molecule has 0 bridgehead atoms. The molecule has 0 radical (unpaired) electrons. The molecule has 6 nitrogen and oxygen atoms in total. The van der Waals surface area contributed by atoms with Gasteiger partial charge in [0.2, 0.25) is 0 Å². The molecule has 0 spiro atoms. The van der Waals surface area contributed by atoms with Gasteiger partial charge in [-0.1, -0.05) is 34.6 Å². The summed E-state index contributed by atoms with van der Waals surface area (Å²) >= 11 is 2.21. The first kappa shape index (κ1) is 23.9. The molecule has 8 heteroatoms. The number of nitrogens with zero attached hydrogens (tertiary/aromatic N) is 1. The highest BCUT2D eigenvalue weighted by atomic mass is 127. The minimum atomic E-state index is -1.92. The summed E-state index contributed by atoms with van der Waals surface area (Å²) in [5.41, 5.74) is 0.394. The second-order valence-corrected chi connectivity index (χ2v) is 15.4. The van der Waals surface area contributed by atoms with Gasteiger partial charge < -0.3 is 9.16 Å². The molecule has 1 aromatic heterocycles. The normalized spacial score (nSPS) is 12.9. The lowest BCUT2D eigenvalue weighted by Gasteiger charge is -2.39. The molecule has 0 fully saturated rings. The Hall–Kier alpha value is -1.39. The largest absolute Gasteiger partial charge is 0.495 e. The van der Waals surface area contributed by atoms with E-state index in [0.29, 0.717) is 12.3 Å². The van der Waals surface area contributed by atoms with Crippen LogP contribution in [0.1, 0.15) is 40.2 Å². The Kier molecular flexibility index (Phi) is 6.91. The van der Waals surface area contributed by atoms with E-state index in [1.54, 1.807) is 7.11 Å². The number of rotatable bonds is 6. The smallest absolute Gasteiger partial charge is 0.332 e. The molecule has 0 amide bonds. The zero-order valence-electron chi connectivity index (χ0n) is 18.5. The fraction of sp³-hybridized carbons (Fsp3) is 0.524. The maximum atomic E-state index is 12.3. The molecule has 0 saturated heterocycles. The molecule has 0 atom stereocenters. The number of aromatic nitrogens is 2. The topological polar surface area (TPSA) is 73.3 Å². The van der Waals surface area contributed by atoms with Crippen LogP contribution in [-0.4, -0.2) is 31.6 Å². The van der Waals surface area contributed by atoms with E-state index in [0.717, 1.165) is 14.9 Å². The van der Waals surface area contributed by atoms with Crippen molar-refractivity contribution < 1.29 is 9.16 Å². The van der Waals surface area contributed by atoms with E-state index < -0.39 is 19.6 Å². The van der Waals surface area contributed by atoms with Gasteiger partial charge in [-0.2, -0.15) is 0 Å². The van der Waals surface area contributed by atoms with Crippen LogP contribution >= 0.6 is 22.6 Å². The fourth-order valence-corrected chi connectivity index (χ4v) is 4.69. The van der Waals surface area contributed by atoms with Crippen molar-refractivity contribution in [1.29, 1.82) is 0 Å². The van der Waals surface area contributed by atoms with Gasteiger partial charge >= 0.3 is 5.69 Å². The Morgan fingerprint density at radius 2 is 1.76 bits per heavy atom. The van der Waals surface area contributed by atoms with Gasteiger partial charge in [-0.15, -0.1) is 0 Å². The van der Waals surface area contributed by atoms with Crippen LogP contribution in [0.2, 0.25) is 18.1 Å². The molecule has 1 N–H and O–H groups in total. The predicted molar refractivity (Wildman–Crippen MR) is 128 cm³/mol. The number of halogens is 1. The summed E-state index contributed by atoms with van der Waals surface area (Å²) in [5, 5.41) is 0.118. The van der Waals surface area contributed by atoms with Crippen LogP contribution in [0.3, 0.4) is 0 Å². The second kappa shape index (κ2) is 8.39. The van der Waals surface area contributed by atoms with Gasteiger partial charge in [0.1, 0.15) is 5.75 Å². The minimum absolute atomic E-state index is 0.118. The SMILES string of the molecule is COc1c(I)cc(-n2ccc(=O)[nH]c2=O)cc1C(C)(C)CO[Si](C)(C)C(C)(C)C. The van der Waals surface area contributed by atoms with E-state index in [4.69, 9.17) is 9.16 Å². The summed E-state index contributed by atoms with van der Waals surface area (Å²) < 4.78 is 14.5. The maximum Gasteiger partial charge on any atom is 0.332 e. The predicted octanol–water partition coefficient (Wildman–Crippen LogP) is 4.44. The van der Waals surface area contributed by atoms with Crippen molar-refractivity contribution in [2.75, 3.05) is 13.7 Å². The monoisotopic (exact) mass is 530 g/mol. The van der Waals surface area contributed by atoms with Crippen LogP contribution in [0.25, 0.3) is 5.69 Å². The summed E-state index contributed by atoms with van der Waals surface area (Å²) in [6.07, 6.45) is 1.49. The molecule has 0 unspecified atom stereocenters. The van der Waals surface area contributed by atoms with E-state index in [1.165, 1.54) is 16.8 Å². The zero-order valence-corrected chi connectivity index (χ0v) is 21.6. The average molecular weight is 530 g/mol. The number of hydrogen-bond donors (Lipinski definition) is 1. The Morgan fingerprint density at radius 3 is 2.28 bits per heavy atom. The van der Waals surface area contributed by atoms with E-state index in [-0.39, 0.29) is 10.5 Å². The molecule has 1 heterocycles. The number of benzene rings is 1. The number of H-pyrrole nitrogens is 1. The number of ether oxygens (including phenoxy) is 1. The first-order valence-electron chi connectivity index (χ1n) is 9.54. The van der Waals surface area contributed by atoms with Crippen molar-refractivity contribution in [3.63, 3.8) is 0 Å². The van der Waals surface area contributed by atoms with E-state index in [9.17, 15) is 9.59 Å². The molecular formula is C21H31IN2O4Si. The number of methoxy groups -OCH3 is 1. The Bertz CT molecular complexity index is 1000. The van der Waals surface area contributed by atoms with Crippen LogP contribution in [0.4, 0.5) is 0 Å². The lowest BCUT2D eigenvalue weighted by molar-refractivity contribution is 0.216. The van der Waals surface area contributed by atoms with Gasteiger partial charge in [0.25, 0.3) is 5.56 Å². The Morgan fingerprint density at radius 1 is 1.14 bits per heavy atom. The van der Waals surface area contributed by atoms with Gasteiger partial charge in [0, 0.05) is 29.8 Å². The van der Waals surface area contributed by atoms with Gasteiger partial charge in [-0.05, 0) is 52.9 Å². The highest BCUT2D eigenvalue weighted by Gasteiger charge is 2.39. The molecular weight excluding hydrogens is 499 g/mol. The maximum absolute atomic E-state index is 12.3. The third kappa shape index (κ3) is 5.21. The van der Waals surface area contributed by atoms with Gasteiger partial charge in [-0.25, -0.2) is 4.79 Å². The minimum Gasteiger partial charge on any atom is -0.495 e. The summed E-state index contributed by atoms with van der Waals surface area (Å²) in [4.78, 5) is 26.0. The number of hydrogen-bond acceptors (Lipinski definition) is 4. The highest BCUT2D eigenvalue weighted by Crippen LogP contribution is 2.41. The Balaban J connectivity index is 2.54. The zero-order chi connectivity index (χ0) is 22.2. The third-order valence-corrected chi connectivity index (χ3v) is 10.9. The molecule has 29 heavy (non-hydrogen) atoms. The highest BCUT2D eigenvalue weighted by molar-refractivity contribution is 14.1. The molecule has 0 aliphatic carbocycles. The third-order valence-electron chi connectivity index (χ3n) is 5.66. The second-order valence-electron chi connectivity index (χ2n) is 9.42. The van der Waals surface area contributed by atoms with Crippen molar-refractivity contribution in [3.05, 3.63) is 54.4 Å². The average Bonchev–Trinajstić information content (AvgIpc) is 2.58. The fourth-order valence-electron chi connectivity index (χ4n) is 2.70. The molecule has 0 saturated carbocycles. The Labute approximate surface area is 186 Å². The molecule has 160 valence electrons. The van der Waals surface area contributed by atoms with Crippen LogP contribution in [0.5, 0.6) is 5.75 Å². The first-order chi connectivity index (χ1) is 13.2. The number of aromatic amines is 1. The van der Waals surface area contributed by atoms with Gasteiger partial charge in [0.15, 0.2) is 8.32 Å². The molecule has 0 aliphatic rings. The standard InChI is InChI=1S/C21H31IN2O4Si/c1-20(2,3)29(7,8)28-13-21(4,5)15-11-14(12-16(22)18(15)27-6)24-10-9-17(25)23-19(24)26/h9-12H,13H2,1-8H3,(H,23,25,26). The first-order valence-corrected chi connectivity index (χ1v) is 13.5. The lowest BCUT2D eigenvalue weighted by Crippen LogP contribution is -2.44. The molecule has 0 aliphatic heterocycles. The van der Waals surface area contributed by atoms with Crippen molar-refractivity contribution in [2.45, 2.75) is 58.2 Å². The van der Waals surface area contributed by atoms with Gasteiger partial charge in [0.05, 0.1) is 16.4 Å². The molecule has 2 aromatic rings. The van der Waals surface area contributed by atoms with Crippen molar-refractivity contribution in [3.8, 4) is 11.4 Å². The van der Waals surface area contributed by atoms with E-state index in [1.807, 2.05) is 12.1 Å². The van der Waals surface area contributed by atoms with Crippen LogP contribution < -0.4 is 16.0 Å². The van der Waals surface area contributed by atoms with E-state index in [2.05, 4.69) is 75.3 Å². The van der Waals surface area contributed by atoms with Gasteiger partial charge in [-0.3, -0.25) is 14.3 Å². The lowest BCUT2D eigenvalue weighted by atomic mass is 9.84. The summed E-state index contributed by atoms with van der Waals surface area (Å²) in [6.45, 7) is 15.9. The summed E-state index contributed by atoms with van der Waals surface area (Å²) in [6, 6.07) is 5.15. The van der Waals surface area contributed by atoms with Crippen LogP contribution in [0, 0.1) is 3.57 Å². The van der Waals surface area contributed by atoms with E-state index >= 15 is 0 Å². The van der Waals surface area contributed by atoms with Crippen molar-refractivity contribution >= 4 is 30.9 Å². The summed E-state index contributed by atoms with van der Waals surface area (Å²) in [5.74, 6) is 0.774.